The molecule has 0 saturated heterocycles. The molecule has 20 heavy (non-hydrogen) atoms. The fourth-order valence-electron chi connectivity index (χ4n) is 1.71. The lowest BCUT2D eigenvalue weighted by molar-refractivity contribution is -0.148. The zero-order chi connectivity index (χ0) is 15.0. The predicted octanol–water partition coefficient (Wildman–Crippen LogP) is 1.90. The number of rotatable bonds is 7. The third-order valence-electron chi connectivity index (χ3n) is 2.85. The van der Waals surface area contributed by atoms with E-state index < -0.39 is 17.3 Å². The number of halogens is 1. The van der Waals surface area contributed by atoms with Crippen molar-refractivity contribution in [2.75, 3.05) is 20.2 Å². The maximum absolute atomic E-state index is 13.3. The number of nitrogens with zero attached hydrogens (tertiary/aromatic N) is 4. The summed E-state index contributed by atoms with van der Waals surface area (Å²) >= 11 is 0. The number of carbonyl (C=O) groups excluding carboxylic acids is 1. The van der Waals surface area contributed by atoms with Crippen molar-refractivity contribution in [2.24, 2.45) is 5.11 Å². The van der Waals surface area contributed by atoms with Crippen molar-refractivity contribution >= 4 is 5.97 Å². The highest BCUT2D eigenvalue weighted by molar-refractivity contribution is 5.81. The molecule has 1 aromatic heterocycles. The molecule has 0 bridgehead atoms. The number of azide groups is 1. The van der Waals surface area contributed by atoms with Crippen molar-refractivity contribution in [3.63, 3.8) is 0 Å². The van der Waals surface area contributed by atoms with Gasteiger partial charge in [0, 0.05) is 23.2 Å². The zero-order valence-corrected chi connectivity index (χ0v) is 11.3. The summed E-state index contributed by atoms with van der Waals surface area (Å²) in [6.45, 7) is 2.30. The minimum atomic E-state index is -1.21. The molecule has 1 unspecified atom stereocenters. The fourth-order valence-corrected chi connectivity index (χ4v) is 1.71. The number of esters is 1. The minimum Gasteiger partial charge on any atom is -0.467 e. The van der Waals surface area contributed by atoms with Gasteiger partial charge in [0.15, 0.2) is 0 Å². The van der Waals surface area contributed by atoms with Crippen molar-refractivity contribution in [1.29, 1.82) is 0 Å². The summed E-state index contributed by atoms with van der Waals surface area (Å²) in [4.78, 5) is 18.3. The van der Waals surface area contributed by atoms with E-state index in [0.29, 0.717) is 25.1 Å². The van der Waals surface area contributed by atoms with E-state index in [2.05, 4.69) is 20.3 Å². The van der Waals surface area contributed by atoms with Crippen LogP contribution in [-0.4, -0.2) is 31.2 Å². The molecule has 7 nitrogen and oxygen atoms in total. The summed E-state index contributed by atoms with van der Waals surface area (Å²) in [6, 6.07) is 1.23. The molecule has 0 spiro atoms. The monoisotopic (exact) mass is 281 g/mol. The van der Waals surface area contributed by atoms with Gasteiger partial charge in [0.25, 0.3) is 0 Å². The molecule has 1 heterocycles. The Morgan fingerprint density at radius 3 is 3.00 bits per heavy atom. The first-order chi connectivity index (χ1) is 9.54. The van der Waals surface area contributed by atoms with E-state index >= 15 is 0 Å². The van der Waals surface area contributed by atoms with Gasteiger partial charge in [-0.1, -0.05) is 5.11 Å². The van der Waals surface area contributed by atoms with Gasteiger partial charge in [0.2, 0.25) is 0 Å². The third kappa shape index (κ3) is 3.91. The van der Waals surface area contributed by atoms with Crippen LogP contribution >= 0.6 is 0 Å². The second-order valence-corrected chi connectivity index (χ2v) is 4.24. The van der Waals surface area contributed by atoms with E-state index in [1.54, 1.807) is 6.92 Å². The molecule has 1 aromatic rings. The number of hydrogen-bond acceptors (Lipinski definition) is 5. The van der Waals surface area contributed by atoms with Crippen molar-refractivity contribution < 1.29 is 13.9 Å². The largest absolute Gasteiger partial charge is 0.467 e. The van der Waals surface area contributed by atoms with Crippen LogP contribution in [0.15, 0.2) is 23.6 Å². The molecule has 0 aliphatic heterocycles. The summed E-state index contributed by atoms with van der Waals surface area (Å²) in [5, 5.41) is 6.38. The lowest BCUT2D eigenvalue weighted by Gasteiger charge is -2.28. The van der Waals surface area contributed by atoms with Crippen molar-refractivity contribution in [3.8, 4) is 0 Å². The first-order valence-corrected chi connectivity index (χ1v) is 6.00. The highest BCUT2D eigenvalue weighted by Gasteiger charge is 2.36. The second kappa shape index (κ2) is 7.42. The van der Waals surface area contributed by atoms with Crippen LogP contribution in [0.3, 0.4) is 0 Å². The molecule has 0 amide bonds. The van der Waals surface area contributed by atoms with Crippen LogP contribution in [0.5, 0.6) is 0 Å². The summed E-state index contributed by atoms with van der Waals surface area (Å²) in [5.41, 5.74) is 7.33. The van der Waals surface area contributed by atoms with Crippen molar-refractivity contribution in [3.05, 3.63) is 40.3 Å². The molecule has 1 atom stereocenters. The number of hydrogen-bond donors (Lipinski definition) is 1. The Bertz CT molecular complexity index is 518. The second-order valence-electron chi connectivity index (χ2n) is 4.24. The highest BCUT2D eigenvalue weighted by atomic mass is 19.1. The Balaban J connectivity index is 2.86. The average molecular weight is 281 g/mol. The number of carbonyl (C=O) groups is 1. The van der Waals surface area contributed by atoms with Crippen LogP contribution in [0.1, 0.15) is 18.9 Å². The van der Waals surface area contributed by atoms with Crippen molar-refractivity contribution in [2.45, 2.75) is 18.9 Å². The fraction of sp³-hybridized carbons (Fsp3) is 0.500. The van der Waals surface area contributed by atoms with E-state index in [9.17, 15) is 9.18 Å². The topological polar surface area (TPSA) is 100.0 Å². The first-order valence-electron chi connectivity index (χ1n) is 6.00. The Kier molecular flexibility index (Phi) is 5.89. The molecule has 108 valence electrons. The first kappa shape index (κ1) is 15.9. The summed E-state index contributed by atoms with van der Waals surface area (Å²) in [6.07, 6.45) is 3.00. The molecular formula is C12H16FN5O2. The van der Waals surface area contributed by atoms with Crippen LogP contribution in [0, 0.1) is 5.82 Å². The molecule has 0 saturated carbocycles. The summed E-state index contributed by atoms with van der Waals surface area (Å²) in [5.74, 6) is -1.08. The summed E-state index contributed by atoms with van der Waals surface area (Å²) < 4.78 is 18.0. The van der Waals surface area contributed by atoms with Gasteiger partial charge in [0.05, 0.1) is 13.3 Å². The van der Waals surface area contributed by atoms with Gasteiger partial charge >= 0.3 is 5.97 Å². The van der Waals surface area contributed by atoms with E-state index in [0.717, 1.165) is 6.20 Å². The van der Waals surface area contributed by atoms with Gasteiger partial charge in [-0.3, -0.25) is 10.3 Å². The van der Waals surface area contributed by atoms with Crippen LogP contribution in [0.4, 0.5) is 4.39 Å². The molecule has 1 rings (SSSR count). The number of methoxy groups -OCH3 is 1. The summed E-state index contributed by atoms with van der Waals surface area (Å²) in [7, 11) is 1.26. The number of aromatic nitrogens is 1. The third-order valence-corrected chi connectivity index (χ3v) is 2.85. The maximum Gasteiger partial charge on any atom is 0.330 e. The van der Waals surface area contributed by atoms with E-state index in [1.165, 1.54) is 19.4 Å². The molecular weight excluding hydrogens is 265 g/mol. The van der Waals surface area contributed by atoms with Crippen LogP contribution in [0.2, 0.25) is 0 Å². The number of ether oxygens (including phenoxy) is 1. The standard InChI is InChI=1S/C12H16FN5O2/c1-12(11(19)20-2,16-4-3-5-17-18-14)9-6-10(13)8-15-7-9/h6-8,16H,3-5H2,1-2H3. The number of pyridine rings is 1. The maximum atomic E-state index is 13.3. The van der Waals surface area contributed by atoms with Gasteiger partial charge in [-0.15, -0.1) is 0 Å². The highest BCUT2D eigenvalue weighted by Crippen LogP contribution is 2.22. The van der Waals surface area contributed by atoms with E-state index in [-0.39, 0.29) is 0 Å². The molecule has 0 aliphatic rings. The van der Waals surface area contributed by atoms with Crippen LogP contribution in [0.25, 0.3) is 10.4 Å². The molecule has 8 heteroatoms. The molecule has 0 aromatic carbocycles. The molecule has 0 fully saturated rings. The predicted molar refractivity (Wildman–Crippen MR) is 70.2 cm³/mol. The minimum absolute atomic E-state index is 0.308. The van der Waals surface area contributed by atoms with Gasteiger partial charge in [-0.05, 0) is 31.5 Å². The van der Waals surface area contributed by atoms with Gasteiger partial charge in [-0.2, -0.15) is 0 Å². The SMILES string of the molecule is COC(=O)C(C)(NCCCN=[N+]=[N-])c1cncc(F)c1. The average Bonchev–Trinajstić information content (AvgIpc) is 2.46. The van der Waals surface area contributed by atoms with Crippen LogP contribution in [-0.2, 0) is 15.1 Å². The Hall–Kier alpha value is -2.18. The van der Waals surface area contributed by atoms with E-state index in [1.807, 2.05) is 0 Å². The Morgan fingerprint density at radius 1 is 1.65 bits per heavy atom. The lowest BCUT2D eigenvalue weighted by atomic mass is 9.93. The van der Waals surface area contributed by atoms with Crippen LogP contribution < -0.4 is 5.32 Å². The zero-order valence-electron chi connectivity index (χ0n) is 11.3. The molecule has 1 N–H and O–H groups in total. The molecule has 0 radical (unpaired) electrons. The van der Waals surface area contributed by atoms with E-state index in [4.69, 9.17) is 10.3 Å². The Morgan fingerprint density at radius 2 is 2.40 bits per heavy atom. The number of nitrogens with one attached hydrogen (secondary N) is 1. The quantitative estimate of drug-likeness (QED) is 0.271. The van der Waals surface area contributed by atoms with Gasteiger partial charge < -0.3 is 4.74 Å². The van der Waals surface area contributed by atoms with Gasteiger partial charge in [-0.25, -0.2) is 9.18 Å². The van der Waals surface area contributed by atoms with Gasteiger partial charge in [0.1, 0.15) is 11.4 Å². The molecule has 0 aliphatic carbocycles. The Labute approximate surface area is 115 Å². The smallest absolute Gasteiger partial charge is 0.330 e. The van der Waals surface area contributed by atoms with Crippen molar-refractivity contribution in [1.82, 2.24) is 10.3 Å². The normalized spacial score (nSPS) is 13.2. The lowest BCUT2D eigenvalue weighted by Crippen LogP contribution is -2.48.